The van der Waals surface area contributed by atoms with E-state index in [2.05, 4.69) is 33.2 Å². The van der Waals surface area contributed by atoms with Crippen molar-refractivity contribution in [3.05, 3.63) is 46.7 Å². The molecule has 0 saturated carbocycles. The monoisotopic (exact) mass is 337 g/mol. The molecular formula is C15H17BrFN3. The Morgan fingerprint density at radius 3 is 3.00 bits per heavy atom. The van der Waals surface area contributed by atoms with E-state index in [1.165, 1.54) is 18.9 Å². The van der Waals surface area contributed by atoms with E-state index in [1.807, 2.05) is 10.8 Å². The second-order valence-electron chi connectivity index (χ2n) is 5.34. The van der Waals surface area contributed by atoms with E-state index in [0.29, 0.717) is 16.6 Å². The van der Waals surface area contributed by atoms with Crippen LogP contribution in [-0.2, 0) is 0 Å². The topological polar surface area (TPSA) is 29.9 Å². The summed E-state index contributed by atoms with van der Waals surface area (Å²) in [5.41, 5.74) is 2.06. The van der Waals surface area contributed by atoms with Gasteiger partial charge in [-0.2, -0.15) is 0 Å². The lowest BCUT2D eigenvalue weighted by molar-refractivity contribution is 0.334. The van der Waals surface area contributed by atoms with Crippen LogP contribution in [-0.4, -0.2) is 15.6 Å². The van der Waals surface area contributed by atoms with Gasteiger partial charge < -0.3 is 9.88 Å². The first-order valence-electron chi connectivity index (χ1n) is 6.89. The molecular weight excluding hydrogens is 321 g/mol. The van der Waals surface area contributed by atoms with E-state index in [-0.39, 0.29) is 5.82 Å². The van der Waals surface area contributed by atoms with Gasteiger partial charge in [0, 0.05) is 17.8 Å². The molecule has 2 atom stereocenters. The number of imidazole rings is 1. The third-order valence-corrected chi connectivity index (χ3v) is 4.43. The average molecular weight is 338 g/mol. The van der Waals surface area contributed by atoms with Crippen molar-refractivity contribution in [1.29, 1.82) is 0 Å². The first-order chi connectivity index (χ1) is 9.65. The maximum Gasteiger partial charge on any atom is 0.137 e. The number of rotatable bonds is 2. The quantitative estimate of drug-likeness (QED) is 0.898. The van der Waals surface area contributed by atoms with Crippen LogP contribution in [0.3, 0.4) is 0 Å². The molecule has 5 heteroatoms. The molecule has 0 bridgehead atoms. The maximum atomic E-state index is 13.4. The predicted octanol–water partition coefficient (Wildman–Crippen LogP) is 3.98. The highest BCUT2D eigenvalue weighted by Gasteiger charge is 2.22. The fourth-order valence-corrected chi connectivity index (χ4v) is 3.15. The van der Waals surface area contributed by atoms with Gasteiger partial charge in [-0.3, -0.25) is 0 Å². The Hall–Kier alpha value is -1.20. The number of nitrogens with one attached hydrogen (secondary N) is 1. The third-order valence-electron chi connectivity index (χ3n) is 3.82. The van der Waals surface area contributed by atoms with Gasteiger partial charge in [-0.1, -0.05) is 0 Å². The fraction of sp³-hybridized carbons (Fsp3) is 0.400. The van der Waals surface area contributed by atoms with Crippen LogP contribution in [0.25, 0.3) is 5.69 Å². The van der Waals surface area contributed by atoms with E-state index in [4.69, 9.17) is 0 Å². The van der Waals surface area contributed by atoms with Crippen LogP contribution in [0.2, 0.25) is 0 Å². The van der Waals surface area contributed by atoms with Gasteiger partial charge >= 0.3 is 0 Å². The molecule has 2 heterocycles. The van der Waals surface area contributed by atoms with E-state index in [0.717, 1.165) is 17.8 Å². The summed E-state index contributed by atoms with van der Waals surface area (Å²) in [6, 6.07) is 5.87. The van der Waals surface area contributed by atoms with E-state index < -0.39 is 0 Å². The Balaban J connectivity index is 1.95. The van der Waals surface area contributed by atoms with Crippen molar-refractivity contribution < 1.29 is 4.39 Å². The Bertz CT molecular complexity index is 611. The largest absolute Gasteiger partial charge is 0.306 e. The molecule has 0 aliphatic carbocycles. The predicted molar refractivity (Wildman–Crippen MR) is 80.4 cm³/mol. The van der Waals surface area contributed by atoms with Gasteiger partial charge in [0.25, 0.3) is 0 Å². The van der Waals surface area contributed by atoms with Crippen LogP contribution in [0, 0.1) is 5.82 Å². The number of nitrogens with zero attached hydrogens (tertiary/aromatic N) is 2. The summed E-state index contributed by atoms with van der Waals surface area (Å²) in [6.45, 7) is 2.21. The molecule has 1 aromatic carbocycles. The molecule has 1 saturated heterocycles. The molecule has 2 unspecified atom stereocenters. The molecule has 1 aliphatic rings. The molecule has 1 aliphatic heterocycles. The van der Waals surface area contributed by atoms with Gasteiger partial charge in [0.1, 0.15) is 5.82 Å². The molecule has 3 rings (SSSR count). The van der Waals surface area contributed by atoms with Gasteiger partial charge in [0.15, 0.2) is 0 Å². The van der Waals surface area contributed by atoms with E-state index in [9.17, 15) is 4.39 Å². The molecule has 1 N–H and O–H groups in total. The zero-order valence-electron chi connectivity index (χ0n) is 11.3. The Kier molecular flexibility index (Phi) is 3.89. The first kappa shape index (κ1) is 13.8. The molecule has 3 nitrogen and oxygen atoms in total. The number of hydrogen-bond donors (Lipinski definition) is 1. The minimum atomic E-state index is -0.250. The number of piperidine rings is 1. The molecule has 20 heavy (non-hydrogen) atoms. The highest BCUT2D eigenvalue weighted by Crippen LogP contribution is 2.28. The van der Waals surface area contributed by atoms with Crippen LogP contribution in [0.1, 0.15) is 37.9 Å². The SMILES string of the molecule is CC1CCCC(c2cncn2-c2ccc(F)c(Br)c2)N1. The third kappa shape index (κ3) is 2.65. The van der Waals surface area contributed by atoms with Crippen molar-refractivity contribution in [2.45, 2.75) is 38.3 Å². The molecule has 1 fully saturated rings. The lowest BCUT2D eigenvalue weighted by Gasteiger charge is -2.29. The normalized spacial score (nSPS) is 22.9. The molecule has 0 radical (unpaired) electrons. The molecule has 2 aromatic rings. The van der Waals surface area contributed by atoms with Gasteiger partial charge in [-0.15, -0.1) is 0 Å². The number of benzene rings is 1. The lowest BCUT2D eigenvalue weighted by atomic mass is 9.97. The first-order valence-corrected chi connectivity index (χ1v) is 7.68. The standard InChI is InChI=1S/C15H17BrFN3/c1-10-3-2-4-14(19-10)15-8-18-9-20(15)11-5-6-13(17)12(16)7-11/h5-10,14,19H,2-4H2,1H3. The smallest absolute Gasteiger partial charge is 0.137 e. The van der Waals surface area contributed by atoms with Crippen LogP contribution in [0.4, 0.5) is 4.39 Å². The lowest BCUT2D eigenvalue weighted by Crippen LogP contribution is -2.35. The summed E-state index contributed by atoms with van der Waals surface area (Å²) in [5, 5.41) is 3.61. The van der Waals surface area contributed by atoms with Crippen molar-refractivity contribution in [1.82, 2.24) is 14.9 Å². The van der Waals surface area contributed by atoms with Gasteiger partial charge in [0.05, 0.1) is 22.7 Å². The summed E-state index contributed by atoms with van der Waals surface area (Å²) < 4.78 is 15.9. The summed E-state index contributed by atoms with van der Waals surface area (Å²) in [4.78, 5) is 4.26. The number of halogens is 2. The van der Waals surface area contributed by atoms with Crippen molar-refractivity contribution in [2.75, 3.05) is 0 Å². The second-order valence-corrected chi connectivity index (χ2v) is 6.19. The van der Waals surface area contributed by atoms with E-state index >= 15 is 0 Å². The number of aromatic nitrogens is 2. The fourth-order valence-electron chi connectivity index (χ4n) is 2.79. The zero-order chi connectivity index (χ0) is 14.1. The zero-order valence-corrected chi connectivity index (χ0v) is 12.9. The molecule has 0 spiro atoms. The summed E-state index contributed by atoms with van der Waals surface area (Å²) >= 11 is 3.24. The van der Waals surface area contributed by atoms with Crippen molar-refractivity contribution >= 4 is 15.9 Å². The minimum absolute atomic E-state index is 0.250. The molecule has 0 amide bonds. The van der Waals surface area contributed by atoms with Gasteiger partial charge in [-0.25, -0.2) is 9.37 Å². The minimum Gasteiger partial charge on any atom is -0.306 e. The van der Waals surface area contributed by atoms with Crippen molar-refractivity contribution in [3.8, 4) is 5.69 Å². The average Bonchev–Trinajstić information content (AvgIpc) is 2.91. The van der Waals surface area contributed by atoms with Crippen LogP contribution < -0.4 is 5.32 Å². The number of hydrogen-bond acceptors (Lipinski definition) is 2. The van der Waals surface area contributed by atoms with Crippen LogP contribution in [0.5, 0.6) is 0 Å². The maximum absolute atomic E-state index is 13.4. The molecule has 106 valence electrons. The van der Waals surface area contributed by atoms with Gasteiger partial charge in [-0.05, 0) is 60.3 Å². The summed E-state index contributed by atoms with van der Waals surface area (Å²) in [5.74, 6) is -0.250. The van der Waals surface area contributed by atoms with Crippen molar-refractivity contribution in [2.24, 2.45) is 0 Å². The Labute approximate surface area is 126 Å². The van der Waals surface area contributed by atoms with Crippen molar-refractivity contribution in [3.63, 3.8) is 0 Å². The Morgan fingerprint density at radius 1 is 1.40 bits per heavy atom. The second kappa shape index (κ2) is 5.66. The van der Waals surface area contributed by atoms with E-state index in [1.54, 1.807) is 18.5 Å². The highest BCUT2D eigenvalue weighted by molar-refractivity contribution is 9.10. The van der Waals surface area contributed by atoms with Crippen LogP contribution >= 0.6 is 15.9 Å². The summed E-state index contributed by atoms with van der Waals surface area (Å²) in [7, 11) is 0. The summed E-state index contributed by atoms with van der Waals surface area (Å²) in [6.07, 6.45) is 7.23. The Morgan fingerprint density at radius 2 is 2.25 bits per heavy atom. The highest BCUT2D eigenvalue weighted by atomic mass is 79.9. The van der Waals surface area contributed by atoms with Gasteiger partial charge in [0.2, 0.25) is 0 Å². The van der Waals surface area contributed by atoms with Crippen LogP contribution in [0.15, 0.2) is 35.2 Å². The molecule has 1 aromatic heterocycles.